The third-order valence-corrected chi connectivity index (χ3v) is 4.13. The monoisotopic (exact) mass is 214 g/mol. The van der Waals surface area contributed by atoms with Gasteiger partial charge in [0.25, 0.3) is 0 Å². The summed E-state index contributed by atoms with van der Waals surface area (Å²) in [6.07, 6.45) is 6.13. The Labute approximate surface area is 91.8 Å². The Balaban J connectivity index is 1.84. The van der Waals surface area contributed by atoms with Crippen molar-refractivity contribution in [3.8, 4) is 0 Å². The molecule has 2 aliphatic rings. The van der Waals surface area contributed by atoms with E-state index in [1.165, 1.54) is 12.8 Å². The number of hydrogen-bond acceptors (Lipinski definition) is 3. The van der Waals surface area contributed by atoms with E-state index in [2.05, 4.69) is 6.92 Å². The lowest BCUT2D eigenvalue weighted by Gasteiger charge is -2.30. The van der Waals surface area contributed by atoms with Gasteiger partial charge < -0.3 is 14.6 Å². The Morgan fingerprint density at radius 2 is 2.20 bits per heavy atom. The van der Waals surface area contributed by atoms with Crippen molar-refractivity contribution >= 4 is 0 Å². The van der Waals surface area contributed by atoms with E-state index in [9.17, 15) is 5.11 Å². The molecule has 3 heteroatoms. The molecule has 2 rings (SSSR count). The Morgan fingerprint density at radius 1 is 1.33 bits per heavy atom. The van der Waals surface area contributed by atoms with Crippen molar-refractivity contribution in [2.75, 3.05) is 19.8 Å². The molecular weight excluding hydrogens is 192 g/mol. The van der Waals surface area contributed by atoms with Crippen LogP contribution in [0.1, 0.15) is 39.0 Å². The lowest BCUT2D eigenvalue weighted by atomic mass is 9.77. The third kappa shape index (κ3) is 2.35. The summed E-state index contributed by atoms with van der Waals surface area (Å²) in [6, 6.07) is 0. The zero-order valence-electron chi connectivity index (χ0n) is 9.58. The molecule has 15 heavy (non-hydrogen) atoms. The lowest BCUT2D eigenvalue weighted by molar-refractivity contribution is 0.00883. The maximum Gasteiger partial charge on any atom is 0.0626 e. The first kappa shape index (κ1) is 11.4. The summed E-state index contributed by atoms with van der Waals surface area (Å²) in [5.74, 6) is 0. The van der Waals surface area contributed by atoms with Crippen LogP contribution in [0.4, 0.5) is 0 Å². The van der Waals surface area contributed by atoms with Gasteiger partial charge in [-0.05, 0) is 39.0 Å². The second kappa shape index (κ2) is 4.81. The minimum absolute atomic E-state index is 0.00590. The smallest absolute Gasteiger partial charge is 0.0626 e. The fraction of sp³-hybridized carbons (Fsp3) is 1.00. The summed E-state index contributed by atoms with van der Waals surface area (Å²) in [5, 5.41) is 9.54. The number of aliphatic hydroxyl groups is 1. The summed E-state index contributed by atoms with van der Waals surface area (Å²) >= 11 is 0. The van der Waals surface area contributed by atoms with Gasteiger partial charge in [-0.25, -0.2) is 0 Å². The van der Waals surface area contributed by atoms with Gasteiger partial charge in [0.05, 0.1) is 18.8 Å². The molecule has 0 bridgehead atoms. The fourth-order valence-electron chi connectivity index (χ4n) is 2.75. The minimum Gasteiger partial charge on any atom is -0.396 e. The van der Waals surface area contributed by atoms with Gasteiger partial charge in [-0.3, -0.25) is 0 Å². The van der Waals surface area contributed by atoms with Crippen LogP contribution in [0.3, 0.4) is 0 Å². The average molecular weight is 214 g/mol. The predicted octanol–water partition coefficient (Wildman–Crippen LogP) is 1.73. The van der Waals surface area contributed by atoms with E-state index in [0.717, 1.165) is 32.5 Å². The van der Waals surface area contributed by atoms with Crippen LogP contribution in [0.15, 0.2) is 0 Å². The molecule has 2 fully saturated rings. The number of ether oxygens (including phenoxy) is 2. The highest BCUT2D eigenvalue weighted by atomic mass is 16.5. The molecule has 0 aromatic carbocycles. The normalized spacial score (nSPS) is 41.2. The summed E-state index contributed by atoms with van der Waals surface area (Å²) in [6.45, 7) is 4.05. The summed E-state index contributed by atoms with van der Waals surface area (Å²) in [7, 11) is 0. The number of hydrogen-bond donors (Lipinski definition) is 1. The van der Waals surface area contributed by atoms with E-state index in [1.807, 2.05) is 0 Å². The first-order valence-electron chi connectivity index (χ1n) is 6.11. The van der Waals surface area contributed by atoms with Crippen LogP contribution in [-0.4, -0.2) is 37.1 Å². The van der Waals surface area contributed by atoms with Gasteiger partial charge in [0.1, 0.15) is 0 Å². The maximum atomic E-state index is 9.54. The lowest BCUT2D eigenvalue weighted by Crippen LogP contribution is -2.33. The van der Waals surface area contributed by atoms with Crippen LogP contribution in [0.2, 0.25) is 0 Å². The number of rotatable bonds is 4. The molecule has 0 spiro atoms. The molecule has 0 aliphatic carbocycles. The molecule has 2 heterocycles. The van der Waals surface area contributed by atoms with E-state index in [4.69, 9.17) is 9.47 Å². The molecule has 0 amide bonds. The summed E-state index contributed by atoms with van der Waals surface area (Å²) in [5.41, 5.74) is 0.00590. The average Bonchev–Trinajstić information content (AvgIpc) is 2.85. The quantitative estimate of drug-likeness (QED) is 0.774. The van der Waals surface area contributed by atoms with Crippen molar-refractivity contribution in [3.63, 3.8) is 0 Å². The summed E-state index contributed by atoms with van der Waals surface area (Å²) in [4.78, 5) is 0. The molecule has 0 radical (unpaired) electrons. The van der Waals surface area contributed by atoms with Crippen molar-refractivity contribution in [2.45, 2.75) is 51.2 Å². The van der Waals surface area contributed by atoms with Crippen LogP contribution in [0.5, 0.6) is 0 Å². The molecule has 2 saturated heterocycles. The highest BCUT2D eigenvalue weighted by Crippen LogP contribution is 2.39. The molecule has 3 atom stereocenters. The Bertz CT molecular complexity index is 201. The van der Waals surface area contributed by atoms with Gasteiger partial charge in [0, 0.05) is 18.6 Å². The maximum absolute atomic E-state index is 9.54. The van der Waals surface area contributed by atoms with Crippen LogP contribution >= 0.6 is 0 Å². The van der Waals surface area contributed by atoms with Crippen molar-refractivity contribution in [2.24, 2.45) is 5.41 Å². The van der Waals surface area contributed by atoms with Crippen LogP contribution in [0, 0.1) is 5.41 Å². The topological polar surface area (TPSA) is 38.7 Å². The molecule has 88 valence electrons. The molecule has 1 N–H and O–H groups in total. The molecule has 0 saturated carbocycles. The standard InChI is InChI=1S/C12H22O3/c1-10-12(9-13,6-8-14-10)5-4-11-3-2-7-15-11/h10-11,13H,2-9H2,1H3. The van der Waals surface area contributed by atoms with Gasteiger partial charge in [-0.2, -0.15) is 0 Å². The Hall–Kier alpha value is -0.120. The Morgan fingerprint density at radius 3 is 2.73 bits per heavy atom. The first-order chi connectivity index (χ1) is 7.27. The number of aliphatic hydroxyl groups excluding tert-OH is 1. The van der Waals surface area contributed by atoms with Crippen molar-refractivity contribution in [1.82, 2.24) is 0 Å². The van der Waals surface area contributed by atoms with E-state index in [-0.39, 0.29) is 18.1 Å². The van der Waals surface area contributed by atoms with Gasteiger partial charge in [-0.15, -0.1) is 0 Å². The highest BCUT2D eigenvalue weighted by Gasteiger charge is 2.41. The molecule has 3 nitrogen and oxygen atoms in total. The van der Waals surface area contributed by atoms with Gasteiger partial charge in [0.15, 0.2) is 0 Å². The highest BCUT2D eigenvalue weighted by molar-refractivity contribution is 4.89. The van der Waals surface area contributed by atoms with Gasteiger partial charge in [0.2, 0.25) is 0 Å². The second-order valence-corrected chi connectivity index (χ2v) is 4.96. The predicted molar refractivity (Wildman–Crippen MR) is 57.8 cm³/mol. The Kier molecular flexibility index (Phi) is 3.65. The zero-order chi connectivity index (χ0) is 10.7. The largest absolute Gasteiger partial charge is 0.396 e. The fourth-order valence-corrected chi connectivity index (χ4v) is 2.75. The zero-order valence-corrected chi connectivity index (χ0v) is 9.58. The molecule has 2 aliphatic heterocycles. The van der Waals surface area contributed by atoms with E-state index >= 15 is 0 Å². The van der Waals surface area contributed by atoms with Crippen LogP contribution in [-0.2, 0) is 9.47 Å². The van der Waals surface area contributed by atoms with E-state index < -0.39 is 0 Å². The minimum atomic E-state index is 0.00590. The molecule has 0 aromatic heterocycles. The van der Waals surface area contributed by atoms with Crippen molar-refractivity contribution in [3.05, 3.63) is 0 Å². The van der Waals surface area contributed by atoms with E-state index in [0.29, 0.717) is 6.10 Å². The van der Waals surface area contributed by atoms with E-state index in [1.54, 1.807) is 0 Å². The third-order valence-electron chi connectivity index (χ3n) is 4.13. The molecule has 0 aromatic rings. The van der Waals surface area contributed by atoms with Crippen LogP contribution < -0.4 is 0 Å². The first-order valence-corrected chi connectivity index (χ1v) is 6.11. The molecular formula is C12H22O3. The summed E-state index contributed by atoms with van der Waals surface area (Å²) < 4.78 is 11.2. The SMILES string of the molecule is CC1OCCC1(CO)CCC1CCCO1. The van der Waals surface area contributed by atoms with Gasteiger partial charge in [-0.1, -0.05) is 0 Å². The second-order valence-electron chi connectivity index (χ2n) is 4.96. The molecule has 3 unspecified atom stereocenters. The van der Waals surface area contributed by atoms with Crippen molar-refractivity contribution in [1.29, 1.82) is 0 Å². The van der Waals surface area contributed by atoms with Gasteiger partial charge >= 0.3 is 0 Å². The van der Waals surface area contributed by atoms with Crippen molar-refractivity contribution < 1.29 is 14.6 Å². The van der Waals surface area contributed by atoms with Crippen LogP contribution in [0.25, 0.3) is 0 Å².